The number of ether oxygens (including phenoxy) is 2. The molecule has 9 nitrogen and oxygen atoms in total. The van der Waals surface area contributed by atoms with Crippen LogP contribution in [0.4, 0.5) is 10.5 Å². The lowest BCUT2D eigenvalue weighted by Crippen LogP contribution is -2.27. The fourth-order valence-corrected chi connectivity index (χ4v) is 5.44. The number of cyclic esters (lactones) is 1. The van der Waals surface area contributed by atoms with Crippen LogP contribution in [-0.2, 0) is 14.8 Å². The number of aliphatic hydroxyl groups is 1. The highest BCUT2D eigenvalue weighted by atomic mass is 32.2. The molecule has 1 aliphatic heterocycles. The summed E-state index contributed by atoms with van der Waals surface area (Å²) in [5, 5.41) is 22.0. The van der Waals surface area contributed by atoms with Gasteiger partial charge in [0.2, 0.25) is 0 Å². The lowest BCUT2D eigenvalue weighted by Gasteiger charge is -2.17. The molecule has 0 radical (unpaired) electrons. The van der Waals surface area contributed by atoms with E-state index in [-0.39, 0.29) is 33.6 Å². The Morgan fingerprint density at radius 1 is 1.48 bits per heavy atom. The van der Waals surface area contributed by atoms with Crippen LogP contribution >= 0.6 is 23.1 Å². The number of hydrogen-bond donors (Lipinski definition) is 3. The van der Waals surface area contributed by atoms with E-state index in [1.54, 1.807) is 17.7 Å². The number of amides is 1. The number of nitrogens with zero attached hydrogens (tertiary/aromatic N) is 1. The molecule has 1 aliphatic rings. The van der Waals surface area contributed by atoms with Gasteiger partial charge in [-0.15, -0.1) is 23.1 Å². The normalized spacial score (nSPS) is 17.0. The fraction of sp³-hybridized carbons (Fsp3) is 0.235. The third-order valence-electron chi connectivity index (χ3n) is 3.97. The second kappa shape index (κ2) is 8.53. The molecule has 156 valence electrons. The summed E-state index contributed by atoms with van der Waals surface area (Å²) in [6, 6.07) is 4.48. The summed E-state index contributed by atoms with van der Waals surface area (Å²) in [4.78, 5) is 13.0. The summed E-state index contributed by atoms with van der Waals surface area (Å²) in [7, 11) is -2.50. The molecule has 1 aromatic carbocycles. The number of carbonyl (C=O) groups excluding carboxylic acids is 1. The predicted octanol–water partition coefficient (Wildman–Crippen LogP) is 2.73. The van der Waals surface area contributed by atoms with Crippen LogP contribution in [0.1, 0.15) is 5.56 Å². The first-order valence-electron chi connectivity index (χ1n) is 8.14. The number of hydrogen-bond acceptors (Lipinski definition) is 9. The molecule has 1 unspecified atom stereocenters. The highest BCUT2D eigenvalue weighted by Gasteiger charge is 2.29. The second-order valence-electron chi connectivity index (χ2n) is 5.74. The number of benzene rings is 1. The third-order valence-corrected chi connectivity index (χ3v) is 7.58. The number of aromatic hydroxyl groups is 1. The smallest absolute Gasteiger partial charge is 0.416 e. The van der Waals surface area contributed by atoms with Crippen LogP contribution in [0.15, 0.2) is 38.9 Å². The van der Waals surface area contributed by atoms with Gasteiger partial charge in [-0.1, -0.05) is 6.07 Å². The minimum atomic E-state index is -3.84. The summed E-state index contributed by atoms with van der Waals surface area (Å²) in [6.45, 7) is -0.172. The average molecular weight is 459 g/mol. The minimum Gasteiger partial charge on any atom is -0.504 e. The number of rotatable bonds is 7. The zero-order chi connectivity index (χ0) is 21.2. The molecule has 0 bridgehead atoms. The maximum atomic E-state index is 12.6. The average Bonchev–Trinajstić information content (AvgIpc) is 3.33. The number of aliphatic hydroxyl groups excluding tert-OH is 1. The molecule has 1 fully saturated rings. The number of phenols is 1. The van der Waals surface area contributed by atoms with E-state index >= 15 is 0 Å². The van der Waals surface area contributed by atoms with Crippen molar-refractivity contribution in [1.29, 1.82) is 0 Å². The number of nitrogens with one attached hydrogen (secondary N) is 1. The first-order valence-corrected chi connectivity index (χ1v) is 11.7. The highest BCUT2D eigenvalue weighted by molar-refractivity contribution is 7.99. The Labute approximate surface area is 175 Å². The quantitative estimate of drug-likeness (QED) is 0.427. The lowest BCUT2D eigenvalue weighted by atomic mass is 10.1. The minimum absolute atomic E-state index is 0.0378. The van der Waals surface area contributed by atoms with Gasteiger partial charge in [-0.2, -0.15) is 0 Å². The zero-order valence-electron chi connectivity index (χ0n) is 15.4. The summed E-state index contributed by atoms with van der Waals surface area (Å²) >= 11 is 2.26. The molecule has 1 aromatic heterocycles. The van der Waals surface area contributed by atoms with Crippen LogP contribution in [0.3, 0.4) is 0 Å². The predicted molar refractivity (Wildman–Crippen MR) is 110 cm³/mol. The second-order valence-corrected chi connectivity index (χ2v) is 9.41. The Morgan fingerprint density at radius 3 is 2.79 bits per heavy atom. The molecule has 0 spiro atoms. The van der Waals surface area contributed by atoms with Gasteiger partial charge in [0, 0.05) is 22.7 Å². The van der Waals surface area contributed by atoms with Crippen molar-refractivity contribution in [2.45, 2.75) is 15.3 Å². The number of thioether (sulfide) groups is 1. The molecule has 1 amide bonds. The molecule has 0 aliphatic carbocycles. The molecule has 12 heteroatoms. The third kappa shape index (κ3) is 4.29. The summed E-state index contributed by atoms with van der Waals surface area (Å²) < 4.78 is 37.8. The number of anilines is 1. The maximum Gasteiger partial charge on any atom is 0.416 e. The molecule has 2 aromatic rings. The molecule has 1 saturated heterocycles. The Balaban J connectivity index is 2.06. The van der Waals surface area contributed by atoms with E-state index in [0.717, 1.165) is 16.2 Å². The van der Waals surface area contributed by atoms with E-state index in [2.05, 4.69) is 4.72 Å². The first kappa shape index (κ1) is 21.3. The molecule has 3 rings (SSSR count). The SMILES string of the molecule is COc1cc(NS(=O)(=O)c2cccs2)c(SC)c(/C=C/N2C(=O)OCC2O)c1O. The maximum absolute atomic E-state index is 12.6. The van der Waals surface area contributed by atoms with Gasteiger partial charge in [-0.05, 0) is 23.8 Å². The molecular formula is C17H18N2O7S3. The van der Waals surface area contributed by atoms with Crippen molar-refractivity contribution >= 4 is 51.0 Å². The van der Waals surface area contributed by atoms with E-state index in [1.165, 1.54) is 43.3 Å². The number of sulfonamides is 1. The number of thiophene rings is 1. The van der Waals surface area contributed by atoms with Crippen LogP contribution < -0.4 is 9.46 Å². The van der Waals surface area contributed by atoms with Crippen molar-refractivity contribution in [2.24, 2.45) is 0 Å². The van der Waals surface area contributed by atoms with Gasteiger partial charge < -0.3 is 19.7 Å². The van der Waals surface area contributed by atoms with Crippen molar-refractivity contribution in [3.8, 4) is 11.5 Å². The molecule has 2 heterocycles. The van der Waals surface area contributed by atoms with E-state index < -0.39 is 22.3 Å². The molecule has 29 heavy (non-hydrogen) atoms. The van der Waals surface area contributed by atoms with Gasteiger partial charge in [0.15, 0.2) is 17.7 Å². The van der Waals surface area contributed by atoms with Gasteiger partial charge >= 0.3 is 6.09 Å². The molecule has 1 atom stereocenters. The molecule has 0 saturated carbocycles. The van der Waals surface area contributed by atoms with E-state index in [9.17, 15) is 23.4 Å². The van der Waals surface area contributed by atoms with Gasteiger partial charge in [-0.25, -0.2) is 13.2 Å². The van der Waals surface area contributed by atoms with Crippen molar-refractivity contribution in [1.82, 2.24) is 4.90 Å². The summed E-state index contributed by atoms with van der Waals surface area (Å²) in [5.41, 5.74) is 0.414. The van der Waals surface area contributed by atoms with Gasteiger partial charge in [0.05, 0.1) is 12.8 Å². The monoisotopic (exact) mass is 458 g/mol. The van der Waals surface area contributed by atoms with E-state index in [1.807, 2.05) is 0 Å². The van der Waals surface area contributed by atoms with Crippen LogP contribution in [0.2, 0.25) is 0 Å². The van der Waals surface area contributed by atoms with Crippen LogP contribution in [0, 0.1) is 0 Å². The zero-order valence-corrected chi connectivity index (χ0v) is 17.8. The van der Waals surface area contributed by atoms with Crippen molar-refractivity contribution < 1.29 is 32.9 Å². The Morgan fingerprint density at radius 2 is 2.24 bits per heavy atom. The van der Waals surface area contributed by atoms with Gasteiger partial charge in [-0.3, -0.25) is 9.62 Å². The number of methoxy groups -OCH3 is 1. The van der Waals surface area contributed by atoms with Gasteiger partial charge in [0.1, 0.15) is 10.8 Å². The van der Waals surface area contributed by atoms with Crippen LogP contribution in [-0.4, -0.2) is 55.8 Å². The topological polar surface area (TPSA) is 125 Å². The van der Waals surface area contributed by atoms with Crippen molar-refractivity contribution in [2.75, 3.05) is 24.7 Å². The summed E-state index contributed by atoms with van der Waals surface area (Å²) in [6.07, 6.45) is 2.45. The number of carbonyl (C=O) groups is 1. The standard InChI is InChI=1S/C17H18N2O7S3/c1-25-12-8-11(18-29(23,24)14-4-3-7-28-14)16(27-2)10(15(12)21)5-6-19-13(20)9-26-17(19)22/h3-8,13,18,20-21H,9H2,1-2H3/b6-5+. The van der Waals surface area contributed by atoms with Crippen molar-refractivity contribution in [3.63, 3.8) is 0 Å². The Hall–Kier alpha value is -2.41. The number of phenolic OH excluding ortho intramolecular Hbond substituents is 1. The van der Waals surface area contributed by atoms with E-state index in [0.29, 0.717) is 4.90 Å². The fourth-order valence-electron chi connectivity index (χ4n) is 2.61. The Kier molecular flexibility index (Phi) is 6.27. The first-order chi connectivity index (χ1) is 13.8. The lowest BCUT2D eigenvalue weighted by molar-refractivity contribution is 0.0847. The molecular weight excluding hydrogens is 440 g/mol. The van der Waals surface area contributed by atoms with Crippen LogP contribution in [0.25, 0.3) is 6.08 Å². The van der Waals surface area contributed by atoms with Crippen molar-refractivity contribution in [3.05, 3.63) is 35.3 Å². The molecule has 3 N–H and O–H groups in total. The van der Waals surface area contributed by atoms with Gasteiger partial charge in [0.25, 0.3) is 10.0 Å². The highest BCUT2D eigenvalue weighted by Crippen LogP contribution is 2.43. The Bertz CT molecular complexity index is 1040. The van der Waals surface area contributed by atoms with Crippen LogP contribution in [0.5, 0.6) is 11.5 Å². The van der Waals surface area contributed by atoms with E-state index in [4.69, 9.17) is 9.47 Å². The largest absolute Gasteiger partial charge is 0.504 e. The summed E-state index contributed by atoms with van der Waals surface area (Å²) in [5.74, 6) is -0.204.